The van der Waals surface area contributed by atoms with Gasteiger partial charge in [-0.15, -0.1) is 0 Å². The number of halogens is 1. The highest BCUT2D eigenvalue weighted by Gasteiger charge is 2.51. The van der Waals surface area contributed by atoms with Crippen LogP contribution in [0.1, 0.15) is 56.6 Å². The van der Waals surface area contributed by atoms with E-state index in [-0.39, 0.29) is 11.3 Å². The number of likely N-dealkylation sites (N-methyl/N-ethyl adjacent to an activating group) is 1. The lowest BCUT2D eigenvalue weighted by Gasteiger charge is -2.31. The van der Waals surface area contributed by atoms with Gasteiger partial charge in [-0.2, -0.15) is 0 Å². The van der Waals surface area contributed by atoms with Crippen LogP contribution in [0.15, 0.2) is 53.5 Å². The molecule has 180 valence electrons. The second-order valence-electron chi connectivity index (χ2n) is 9.45. The number of hydrogen-bond donors (Lipinski definition) is 2. The van der Waals surface area contributed by atoms with Gasteiger partial charge in [0.2, 0.25) is 5.66 Å². The van der Waals surface area contributed by atoms with Crippen molar-refractivity contribution >= 4 is 23.1 Å². The molecular formula is C27H32FN3O3. The Morgan fingerprint density at radius 2 is 1.85 bits per heavy atom. The number of Topliss-reactive ketones (excluding diaryl/α,β-unsaturated/α-hetero) is 1. The Balaban J connectivity index is 1.86. The van der Waals surface area contributed by atoms with Crippen LogP contribution in [0.25, 0.3) is 0 Å². The van der Waals surface area contributed by atoms with Crippen LogP contribution in [0.3, 0.4) is 0 Å². The van der Waals surface area contributed by atoms with Crippen LogP contribution in [0.5, 0.6) is 0 Å². The Hall–Kier alpha value is -2.90. The molecule has 6 nitrogen and oxygen atoms in total. The summed E-state index contributed by atoms with van der Waals surface area (Å²) in [6.07, 6.45) is 3.62. The first-order chi connectivity index (χ1) is 16.3. The number of benzodiazepines with no additional fused rings is 1. The molecule has 1 saturated carbocycles. The molecule has 3 atom stereocenters. The van der Waals surface area contributed by atoms with Crippen molar-refractivity contribution < 1.29 is 19.1 Å². The number of aliphatic hydroxyl groups excluding tert-OH is 1. The van der Waals surface area contributed by atoms with Gasteiger partial charge in [0.15, 0.2) is 5.78 Å². The largest absolute Gasteiger partial charge is 0.392 e. The fourth-order valence-corrected chi connectivity index (χ4v) is 4.68. The third kappa shape index (κ3) is 4.55. The molecule has 2 aromatic carbocycles. The highest BCUT2D eigenvalue weighted by atomic mass is 19.1. The van der Waals surface area contributed by atoms with Gasteiger partial charge < -0.3 is 10.0 Å². The van der Waals surface area contributed by atoms with Gasteiger partial charge >= 0.3 is 0 Å². The maximum absolute atomic E-state index is 14.9. The summed E-state index contributed by atoms with van der Waals surface area (Å²) in [5, 5.41) is 10.9. The van der Waals surface area contributed by atoms with Gasteiger partial charge in [0, 0.05) is 24.1 Å². The van der Waals surface area contributed by atoms with E-state index >= 15 is 0 Å². The van der Waals surface area contributed by atoms with Crippen molar-refractivity contribution in [2.24, 2.45) is 22.6 Å². The maximum Gasteiger partial charge on any atom is 0.277 e. The summed E-state index contributed by atoms with van der Waals surface area (Å²) in [6, 6.07) is 13.1. The summed E-state index contributed by atoms with van der Waals surface area (Å²) in [5.74, 6) is -2.31. The number of aliphatic imine (C=N–C) groups is 1. The van der Waals surface area contributed by atoms with Crippen LogP contribution in [0.4, 0.5) is 10.1 Å². The van der Waals surface area contributed by atoms with Crippen molar-refractivity contribution in [1.29, 1.82) is 0 Å². The first-order valence-corrected chi connectivity index (χ1v) is 12.0. The van der Waals surface area contributed by atoms with Gasteiger partial charge in [-0.25, -0.2) is 9.38 Å². The molecule has 1 unspecified atom stereocenters. The Bertz CT molecular complexity index is 1110. The van der Waals surface area contributed by atoms with Crippen LogP contribution < -0.4 is 10.6 Å². The van der Waals surface area contributed by atoms with E-state index in [0.717, 1.165) is 25.7 Å². The third-order valence-corrected chi connectivity index (χ3v) is 6.88. The topological polar surface area (TPSA) is 96.0 Å². The molecule has 0 saturated heterocycles. The molecule has 2 aromatic rings. The summed E-state index contributed by atoms with van der Waals surface area (Å²) in [5.41, 5.74) is 5.62. The number of ketones is 1. The van der Waals surface area contributed by atoms with Crippen molar-refractivity contribution in [2.75, 3.05) is 11.9 Å². The van der Waals surface area contributed by atoms with Crippen LogP contribution in [0, 0.1) is 17.7 Å². The van der Waals surface area contributed by atoms with Crippen molar-refractivity contribution in [2.45, 2.75) is 57.2 Å². The lowest BCUT2D eigenvalue weighted by molar-refractivity contribution is -0.139. The minimum Gasteiger partial charge on any atom is -0.392 e. The van der Waals surface area contributed by atoms with Crippen molar-refractivity contribution in [3.63, 3.8) is 0 Å². The molecule has 0 radical (unpaired) electrons. The first-order valence-electron chi connectivity index (χ1n) is 12.0. The van der Waals surface area contributed by atoms with E-state index in [2.05, 4.69) is 4.99 Å². The molecule has 4 rings (SSSR count). The van der Waals surface area contributed by atoms with Gasteiger partial charge in [-0.3, -0.25) is 15.3 Å². The number of carbonyl (C=O) groups excluding carboxylic acids is 2. The molecule has 34 heavy (non-hydrogen) atoms. The van der Waals surface area contributed by atoms with E-state index in [1.165, 1.54) is 11.0 Å². The summed E-state index contributed by atoms with van der Waals surface area (Å²) in [4.78, 5) is 33.5. The third-order valence-electron chi connectivity index (χ3n) is 6.88. The smallest absolute Gasteiger partial charge is 0.277 e. The normalized spacial score (nSPS) is 22.0. The van der Waals surface area contributed by atoms with Crippen LogP contribution in [-0.4, -0.2) is 41.3 Å². The van der Waals surface area contributed by atoms with Gasteiger partial charge in [0.1, 0.15) is 5.82 Å². The van der Waals surface area contributed by atoms with E-state index in [1.807, 2.05) is 6.92 Å². The number of rotatable bonds is 9. The Morgan fingerprint density at radius 3 is 2.50 bits per heavy atom. The zero-order valence-electron chi connectivity index (χ0n) is 19.7. The number of nitrogens with two attached hydrogens (primary N) is 1. The monoisotopic (exact) mass is 465 g/mol. The molecule has 1 fully saturated rings. The van der Waals surface area contributed by atoms with Crippen LogP contribution >= 0.6 is 0 Å². The summed E-state index contributed by atoms with van der Waals surface area (Å²) in [7, 11) is 1.54. The molecule has 1 aliphatic heterocycles. The molecule has 0 spiro atoms. The Kier molecular flexibility index (Phi) is 6.96. The highest BCUT2D eigenvalue weighted by Crippen LogP contribution is 2.39. The fraction of sp³-hybridized carbons (Fsp3) is 0.444. The average Bonchev–Trinajstić information content (AvgIpc) is 3.68. The van der Waals surface area contributed by atoms with Crippen molar-refractivity contribution in [1.82, 2.24) is 0 Å². The molecule has 1 aliphatic carbocycles. The maximum atomic E-state index is 14.9. The number of benzene rings is 2. The van der Waals surface area contributed by atoms with E-state index in [1.54, 1.807) is 49.5 Å². The molecular weight excluding hydrogens is 433 g/mol. The van der Waals surface area contributed by atoms with Gasteiger partial charge in [0.05, 0.1) is 17.5 Å². The second-order valence-corrected chi connectivity index (χ2v) is 9.45. The molecule has 3 N–H and O–H groups in total. The van der Waals surface area contributed by atoms with Crippen molar-refractivity contribution in [3.8, 4) is 0 Å². The SMILES string of the molecule is CCCC[C@H](O)[C@@H](CC1CC1)C(=O)C1(N)N=C(c2ccccc2F)c2ccccc2N(C)C1=O. The fourth-order valence-electron chi connectivity index (χ4n) is 4.68. The van der Waals surface area contributed by atoms with Gasteiger partial charge in [0.25, 0.3) is 5.91 Å². The Morgan fingerprint density at radius 1 is 1.21 bits per heavy atom. The zero-order chi connectivity index (χ0) is 24.5. The quantitative estimate of drug-likeness (QED) is 0.550. The number of nitrogens with zero attached hydrogens (tertiary/aromatic N) is 2. The number of anilines is 1. The predicted octanol–water partition coefficient (Wildman–Crippen LogP) is 3.83. The molecule has 1 amide bonds. The summed E-state index contributed by atoms with van der Waals surface area (Å²) in [6.45, 7) is 2.01. The van der Waals surface area contributed by atoms with E-state index < -0.39 is 35.2 Å². The average molecular weight is 466 g/mol. The minimum atomic E-state index is -2.28. The number of fused-ring (bicyclic) bond motifs is 1. The molecule has 0 bridgehead atoms. The van der Waals surface area contributed by atoms with Crippen molar-refractivity contribution in [3.05, 3.63) is 65.5 Å². The minimum absolute atomic E-state index is 0.149. The van der Waals surface area contributed by atoms with E-state index in [4.69, 9.17) is 5.73 Å². The number of para-hydroxylation sites is 1. The second kappa shape index (κ2) is 9.76. The molecule has 0 aromatic heterocycles. The summed E-state index contributed by atoms with van der Waals surface area (Å²) >= 11 is 0. The lowest BCUT2D eigenvalue weighted by atomic mass is 9.82. The predicted molar refractivity (Wildman–Crippen MR) is 130 cm³/mol. The van der Waals surface area contributed by atoms with E-state index in [0.29, 0.717) is 30.0 Å². The highest BCUT2D eigenvalue weighted by molar-refractivity contribution is 6.26. The number of carbonyl (C=O) groups is 2. The molecule has 2 aliphatic rings. The number of aliphatic hydroxyl groups is 1. The number of amides is 1. The lowest BCUT2D eigenvalue weighted by Crippen LogP contribution is -2.61. The molecule has 7 heteroatoms. The summed E-state index contributed by atoms with van der Waals surface area (Å²) < 4.78 is 14.9. The zero-order valence-corrected chi connectivity index (χ0v) is 19.7. The van der Waals surface area contributed by atoms with E-state index in [9.17, 15) is 19.1 Å². The van der Waals surface area contributed by atoms with Crippen LogP contribution in [-0.2, 0) is 9.59 Å². The number of unbranched alkanes of at least 4 members (excludes halogenated alkanes) is 1. The van der Waals surface area contributed by atoms with Crippen LogP contribution in [0.2, 0.25) is 0 Å². The standard InChI is InChI=1S/C27H32FN3O3/c1-3-4-13-23(32)20(16-17-14-15-17)25(33)27(29)26(34)31(2)22-12-8-6-10-19(22)24(30-27)18-9-5-7-11-21(18)28/h5-12,17,20,23,32H,3-4,13-16,29H2,1-2H3/t20-,23+,27?/m1/s1. The molecule has 1 heterocycles. The van der Waals surface area contributed by atoms with Gasteiger partial charge in [-0.05, 0) is 37.0 Å². The van der Waals surface area contributed by atoms with Gasteiger partial charge in [-0.1, -0.05) is 62.9 Å². The number of hydrogen-bond acceptors (Lipinski definition) is 5. The Labute approximate surface area is 199 Å². The first kappa shape index (κ1) is 24.2.